The Balaban J connectivity index is 1.47. The summed E-state index contributed by atoms with van der Waals surface area (Å²) in [5.74, 6) is -0.199. The van der Waals surface area contributed by atoms with Crippen LogP contribution in [0, 0.1) is 0 Å². The van der Waals surface area contributed by atoms with E-state index >= 15 is 0 Å². The molecular formula is C15H25N5O13P2. The molecular weight excluding hydrogens is 520 g/mol. The lowest BCUT2D eigenvalue weighted by Crippen LogP contribution is -2.33. The molecule has 2 aromatic heterocycles. The van der Waals surface area contributed by atoms with E-state index in [0.717, 1.165) is 13.4 Å². The number of nitrogens with zero attached hydrogens (tertiary/aromatic N) is 3. The van der Waals surface area contributed by atoms with Crippen LogP contribution in [-0.4, -0.2) is 98.0 Å². The third kappa shape index (κ3) is 7.13. The second kappa shape index (κ2) is 11.5. The van der Waals surface area contributed by atoms with Gasteiger partial charge in [-0.15, -0.1) is 0 Å². The van der Waals surface area contributed by atoms with Crippen LogP contribution in [0.4, 0.5) is 5.95 Å². The molecule has 0 spiro atoms. The fourth-order valence-corrected chi connectivity index (χ4v) is 4.13. The zero-order chi connectivity index (χ0) is 25.8. The van der Waals surface area contributed by atoms with Crippen LogP contribution < -0.4 is 11.3 Å². The van der Waals surface area contributed by atoms with Gasteiger partial charge in [0.15, 0.2) is 17.4 Å². The lowest BCUT2D eigenvalue weighted by Gasteiger charge is -2.17. The third-order valence-corrected chi connectivity index (χ3v) is 6.61. The molecule has 20 heteroatoms. The van der Waals surface area contributed by atoms with Crippen LogP contribution in [0.3, 0.4) is 0 Å². The molecule has 0 bridgehead atoms. The number of H-pyrrole nitrogens is 1. The minimum atomic E-state index is -4.59. The maximum absolute atomic E-state index is 12.0. The number of aliphatic hydroxyl groups is 2. The SMILES string of the molecule is COP(=O)(O)OCCOCCOP(=O)(O)OC[C@H]1O[C@@H](n2cnc3c(=O)[nH]c(N)nc32)[C@H](O)[C@@H]1O. The minimum absolute atomic E-state index is 0.00495. The minimum Gasteiger partial charge on any atom is -0.387 e. The largest absolute Gasteiger partial charge is 0.472 e. The number of phosphoric ester groups is 2. The molecule has 1 saturated heterocycles. The fourth-order valence-electron chi connectivity index (χ4n) is 3.01. The number of ether oxygens (including phenoxy) is 2. The summed E-state index contributed by atoms with van der Waals surface area (Å²) in [6.07, 6.45) is -4.39. The summed E-state index contributed by atoms with van der Waals surface area (Å²) < 4.78 is 53.1. The highest BCUT2D eigenvalue weighted by Gasteiger charge is 2.45. The predicted octanol–water partition coefficient (Wildman–Crippen LogP) is -1.77. The van der Waals surface area contributed by atoms with E-state index in [1.54, 1.807) is 0 Å². The summed E-state index contributed by atoms with van der Waals surface area (Å²) in [7, 11) is -7.71. The van der Waals surface area contributed by atoms with Crippen molar-refractivity contribution >= 4 is 32.8 Å². The van der Waals surface area contributed by atoms with Gasteiger partial charge < -0.3 is 35.2 Å². The fraction of sp³-hybridized carbons (Fsp3) is 0.667. The van der Waals surface area contributed by atoms with Crippen LogP contribution in [-0.2, 0) is 36.7 Å². The molecule has 6 atom stereocenters. The molecule has 0 saturated carbocycles. The van der Waals surface area contributed by atoms with Gasteiger partial charge in [-0.1, -0.05) is 0 Å². The molecule has 2 aromatic rings. The number of aromatic nitrogens is 4. The monoisotopic (exact) mass is 545 g/mol. The van der Waals surface area contributed by atoms with E-state index in [2.05, 4.69) is 24.0 Å². The van der Waals surface area contributed by atoms with Crippen molar-refractivity contribution in [1.82, 2.24) is 19.5 Å². The lowest BCUT2D eigenvalue weighted by atomic mass is 10.1. The van der Waals surface area contributed by atoms with Crippen molar-refractivity contribution in [3.05, 3.63) is 16.7 Å². The van der Waals surface area contributed by atoms with Crippen LogP contribution in [0.5, 0.6) is 0 Å². The zero-order valence-corrected chi connectivity index (χ0v) is 20.0. The highest BCUT2D eigenvalue weighted by Crippen LogP contribution is 2.44. The van der Waals surface area contributed by atoms with Crippen molar-refractivity contribution in [2.45, 2.75) is 24.5 Å². The first-order chi connectivity index (χ1) is 16.4. The number of nitrogens with two attached hydrogens (primary N) is 1. The number of nitrogen functional groups attached to an aromatic ring is 1. The van der Waals surface area contributed by atoms with Crippen LogP contribution in [0.15, 0.2) is 11.1 Å². The molecule has 2 unspecified atom stereocenters. The summed E-state index contributed by atoms with van der Waals surface area (Å²) in [6, 6.07) is 0. The maximum atomic E-state index is 12.0. The van der Waals surface area contributed by atoms with Gasteiger partial charge in [0.2, 0.25) is 5.95 Å². The van der Waals surface area contributed by atoms with Crippen LogP contribution in [0.2, 0.25) is 0 Å². The smallest absolute Gasteiger partial charge is 0.387 e. The molecule has 0 amide bonds. The number of fused-ring (bicyclic) bond motifs is 1. The maximum Gasteiger partial charge on any atom is 0.472 e. The highest BCUT2D eigenvalue weighted by atomic mass is 31.2. The molecule has 0 radical (unpaired) electrons. The zero-order valence-electron chi connectivity index (χ0n) is 18.2. The first-order valence-corrected chi connectivity index (χ1v) is 12.9. The van der Waals surface area contributed by atoms with E-state index in [1.165, 1.54) is 4.57 Å². The predicted molar refractivity (Wildman–Crippen MR) is 114 cm³/mol. The average molecular weight is 545 g/mol. The number of rotatable bonds is 13. The van der Waals surface area contributed by atoms with E-state index in [0.29, 0.717) is 0 Å². The molecule has 3 heterocycles. The van der Waals surface area contributed by atoms with Gasteiger partial charge in [-0.3, -0.25) is 32.4 Å². The number of imidazole rings is 1. The van der Waals surface area contributed by atoms with Gasteiger partial charge in [0.05, 0.1) is 39.4 Å². The van der Waals surface area contributed by atoms with Crippen molar-refractivity contribution in [3.8, 4) is 0 Å². The van der Waals surface area contributed by atoms with E-state index in [1.807, 2.05) is 0 Å². The molecule has 1 aliphatic rings. The van der Waals surface area contributed by atoms with E-state index in [9.17, 15) is 29.0 Å². The van der Waals surface area contributed by atoms with Crippen molar-refractivity contribution in [3.63, 3.8) is 0 Å². The van der Waals surface area contributed by atoms with Gasteiger partial charge in [0, 0.05) is 7.11 Å². The van der Waals surface area contributed by atoms with Gasteiger partial charge in [-0.05, 0) is 0 Å². The number of phosphoric acid groups is 2. The van der Waals surface area contributed by atoms with Crippen LogP contribution in [0.1, 0.15) is 6.23 Å². The lowest BCUT2D eigenvalue weighted by molar-refractivity contribution is -0.0519. The Kier molecular flexibility index (Phi) is 9.14. The molecule has 7 N–H and O–H groups in total. The summed E-state index contributed by atoms with van der Waals surface area (Å²) in [5.41, 5.74) is 4.85. The topological polar surface area (TPSA) is 260 Å². The molecule has 198 valence electrons. The van der Waals surface area contributed by atoms with Crippen molar-refractivity contribution in [2.24, 2.45) is 0 Å². The first kappa shape index (κ1) is 27.8. The standard InChI is InChI=1S/C15H25N5O13P2/c1-28-34(24,25)30-4-2-29-3-5-31-35(26,27)32-6-8-10(21)11(22)14(33-8)20-7-17-9-12(20)18-15(16)19-13(9)23/h7-8,10-11,14,21-22H,2-6H2,1H3,(H,24,25)(H,26,27)(H3,16,18,19,23)/t8-,10-,11-,14-/m1/s1. The Morgan fingerprint density at radius 2 is 1.77 bits per heavy atom. The van der Waals surface area contributed by atoms with E-state index < -0.39 is 52.4 Å². The van der Waals surface area contributed by atoms with Crippen LogP contribution >= 0.6 is 15.6 Å². The second-order valence-electron chi connectivity index (χ2n) is 7.02. The normalized spacial score (nSPS) is 26.1. The third-order valence-electron chi connectivity index (χ3n) is 4.66. The Labute approximate surface area is 196 Å². The van der Waals surface area contributed by atoms with E-state index in [-0.39, 0.29) is 43.5 Å². The highest BCUT2D eigenvalue weighted by molar-refractivity contribution is 7.47. The number of aromatic amines is 1. The second-order valence-corrected chi connectivity index (χ2v) is 10.0. The van der Waals surface area contributed by atoms with Gasteiger partial charge in [-0.25, -0.2) is 14.1 Å². The molecule has 18 nitrogen and oxygen atoms in total. The van der Waals surface area contributed by atoms with Crippen molar-refractivity contribution in [2.75, 3.05) is 45.9 Å². The number of aliphatic hydroxyl groups excluding tert-OH is 2. The van der Waals surface area contributed by atoms with Gasteiger partial charge in [0.1, 0.15) is 18.3 Å². The molecule has 35 heavy (non-hydrogen) atoms. The Morgan fingerprint density at radius 1 is 1.11 bits per heavy atom. The first-order valence-electron chi connectivity index (χ1n) is 9.90. The van der Waals surface area contributed by atoms with E-state index in [4.69, 9.17) is 29.1 Å². The molecule has 3 rings (SSSR count). The number of hydrogen-bond donors (Lipinski definition) is 6. The van der Waals surface area contributed by atoms with Gasteiger partial charge in [0.25, 0.3) is 5.56 Å². The summed E-state index contributed by atoms with van der Waals surface area (Å²) in [5, 5.41) is 20.7. The average Bonchev–Trinajstić information content (AvgIpc) is 3.33. The van der Waals surface area contributed by atoms with Crippen molar-refractivity contribution in [1.29, 1.82) is 0 Å². The summed E-state index contributed by atoms with van der Waals surface area (Å²) >= 11 is 0. The number of anilines is 1. The summed E-state index contributed by atoms with van der Waals surface area (Å²) in [6.45, 7) is -1.57. The molecule has 1 fully saturated rings. The number of nitrogens with one attached hydrogen (secondary N) is 1. The van der Waals surface area contributed by atoms with Gasteiger partial charge in [-0.2, -0.15) is 4.98 Å². The molecule has 1 aliphatic heterocycles. The molecule has 0 aromatic carbocycles. The van der Waals surface area contributed by atoms with Crippen LogP contribution in [0.25, 0.3) is 11.2 Å². The summed E-state index contributed by atoms with van der Waals surface area (Å²) in [4.78, 5) is 40.9. The molecule has 0 aliphatic carbocycles. The van der Waals surface area contributed by atoms with Crippen molar-refractivity contribution < 1.29 is 56.7 Å². The quantitative estimate of drug-likeness (QED) is 0.120. The van der Waals surface area contributed by atoms with Gasteiger partial charge >= 0.3 is 15.6 Å². The Morgan fingerprint density at radius 3 is 2.43 bits per heavy atom. The Hall–Kier alpha value is -1.79. The Bertz CT molecular complexity index is 1160. The number of hydrogen-bond acceptors (Lipinski definition) is 14.